The van der Waals surface area contributed by atoms with Crippen molar-refractivity contribution in [2.45, 2.75) is 52.2 Å². The summed E-state index contributed by atoms with van der Waals surface area (Å²) in [6.45, 7) is 7.84. The number of rotatable bonds is 10. The lowest BCUT2D eigenvalue weighted by Gasteiger charge is -2.20. The van der Waals surface area contributed by atoms with Gasteiger partial charge >= 0.3 is 0 Å². The number of aryl methyl sites for hydroxylation is 2. The Balaban J connectivity index is 1.45. The first-order valence-corrected chi connectivity index (χ1v) is 13.3. The molecule has 1 amide bonds. The number of benzene rings is 1. The molecule has 1 saturated carbocycles. The molecule has 2 unspecified atom stereocenters. The summed E-state index contributed by atoms with van der Waals surface area (Å²) in [7, 11) is 1.79. The highest BCUT2D eigenvalue weighted by Gasteiger charge is 2.37. The van der Waals surface area contributed by atoms with E-state index in [1.807, 2.05) is 49.9 Å². The van der Waals surface area contributed by atoms with Crippen LogP contribution in [0.15, 0.2) is 28.8 Å². The minimum absolute atomic E-state index is 0.111. The molecular formula is C28H36N6O4. The van der Waals surface area contributed by atoms with E-state index in [-0.39, 0.29) is 24.5 Å². The zero-order valence-corrected chi connectivity index (χ0v) is 22.5. The number of nitrogens with zero attached hydrogens (tertiary/aromatic N) is 4. The van der Waals surface area contributed by atoms with Crippen LogP contribution in [0.4, 0.5) is 5.82 Å². The molecule has 10 heteroatoms. The van der Waals surface area contributed by atoms with E-state index in [0.717, 1.165) is 59.7 Å². The first-order chi connectivity index (χ1) is 18.3. The molecule has 2 aromatic heterocycles. The standard InChI is InChI=1S/C28H36N6O4/c1-16-25(24-17(2)33-38-18(24)3)31-27(20-6-5-7-23(12-20)37-15-22(35)13-29-4)32-26(16)30-21-10-11-34(14-21)28(36)19-8-9-19/h5-7,12,19,21-22,29,35H,8-11,13-15H2,1-4H3,(H,30,31,32). The molecule has 1 aliphatic heterocycles. The number of aliphatic hydroxyl groups excluding tert-OH is 1. The van der Waals surface area contributed by atoms with Crippen molar-refractivity contribution in [3.8, 4) is 28.4 Å². The lowest BCUT2D eigenvalue weighted by Crippen LogP contribution is -2.32. The number of likely N-dealkylation sites (N-methyl/N-ethyl adjacent to an activating group) is 1. The molecule has 2 atom stereocenters. The van der Waals surface area contributed by atoms with Crippen LogP contribution in [0.1, 0.15) is 36.3 Å². The molecule has 1 aromatic carbocycles. The molecule has 1 aliphatic carbocycles. The number of ether oxygens (including phenoxy) is 1. The van der Waals surface area contributed by atoms with Crippen molar-refractivity contribution in [3.05, 3.63) is 41.3 Å². The number of likely N-dealkylation sites (tertiary alicyclic amines) is 1. The summed E-state index contributed by atoms with van der Waals surface area (Å²) in [6.07, 6.45) is 2.29. The quantitative estimate of drug-likeness (QED) is 0.370. The van der Waals surface area contributed by atoms with Gasteiger partial charge in [0.15, 0.2) is 5.82 Å². The van der Waals surface area contributed by atoms with Crippen LogP contribution in [0.5, 0.6) is 5.75 Å². The van der Waals surface area contributed by atoms with E-state index in [1.165, 1.54) is 0 Å². The first kappa shape index (κ1) is 26.1. The third-order valence-corrected chi connectivity index (χ3v) is 7.16. The Morgan fingerprint density at radius 1 is 1.24 bits per heavy atom. The van der Waals surface area contributed by atoms with Gasteiger partial charge in [0.25, 0.3) is 0 Å². The van der Waals surface area contributed by atoms with Crippen LogP contribution in [0.2, 0.25) is 0 Å². The second-order valence-electron chi connectivity index (χ2n) is 10.3. The number of hydrogen-bond donors (Lipinski definition) is 3. The summed E-state index contributed by atoms with van der Waals surface area (Å²) in [6, 6.07) is 7.67. The average molecular weight is 521 g/mol. The molecule has 3 N–H and O–H groups in total. The van der Waals surface area contributed by atoms with Gasteiger partial charge in [-0.3, -0.25) is 4.79 Å². The van der Waals surface area contributed by atoms with Gasteiger partial charge in [-0.15, -0.1) is 0 Å². The molecule has 0 bridgehead atoms. The smallest absolute Gasteiger partial charge is 0.225 e. The highest BCUT2D eigenvalue weighted by molar-refractivity contribution is 5.81. The first-order valence-electron chi connectivity index (χ1n) is 13.3. The van der Waals surface area contributed by atoms with E-state index < -0.39 is 6.10 Å². The summed E-state index contributed by atoms with van der Waals surface area (Å²) in [5.74, 6) is 3.09. The fraction of sp³-hybridized carbons (Fsp3) is 0.500. The van der Waals surface area contributed by atoms with E-state index in [2.05, 4.69) is 15.8 Å². The molecule has 0 spiro atoms. The minimum Gasteiger partial charge on any atom is -0.491 e. The molecule has 3 heterocycles. The van der Waals surface area contributed by atoms with E-state index in [9.17, 15) is 9.90 Å². The van der Waals surface area contributed by atoms with Crippen LogP contribution in [0.25, 0.3) is 22.6 Å². The van der Waals surface area contributed by atoms with E-state index in [1.54, 1.807) is 7.05 Å². The lowest BCUT2D eigenvalue weighted by atomic mass is 10.0. The normalized spacial score (nSPS) is 18.0. The minimum atomic E-state index is -0.612. The summed E-state index contributed by atoms with van der Waals surface area (Å²) in [5.41, 5.74) is 4.07. The molecule has 2 fully saturated rings. The van der Waals surface area contributed by atoms with Crippen LogP contribution >= 0.6 is 0 Å². The zero-order valence-electron chi connectivity index (χ0n) is 22.5. The summed E-state index contributed by atoms with van der Waals surface area (Å²) < 4.78 is 11.3. The maximum atomic E-state index is 12.6. The van der Waals surface area contributed by atoms with E-state index >= 15 is 0 Å². The third-order valence-electron chi connectivity index (χ3n) is 7.16. The number of carbonyl (C=O) groups is 1. The van der Waals surface area contributed by atoms with Crippen molar-refractivity contribution in [2.24, 2.45) is 5.92 Å². The van der Waals surface area contributed by atoms with Gasteiger partial charge in [0.05, 0.1) is 17.0 Å². The van der Waals surface area contributed by atoms with Gasteiger partial charge in [-0.1, -0.05) is 17.3 Å². The summed E-state index contributed by atoms with van der Waals surface area (Å²) in [5, 5.41) is 20.7. The van der Waals surface area contributed by atoms with Crippen LogP contribution < -0.4 is 15.4 Å². The van der Waals surface area contributed by atoms with Crippen LogP contribution in [0, 0.1) is 26.7 Å². The Labute approximate surface area is 222 Å². The van der Waals surface area contributed by atoms with Gasteiger partial charge in [0, 0.05) is 42.7 Å². The highest BCUT2D eigenvalue weighted by Crippen LogP contribution is 2.35. The fourth-order valence-corrected chi connectivity index (χ4v) is 4.92. The molecular weight excluding hydrogens is 484 g/mol. The van der Waals surface area contributed by atoms with Crippen molar-refractivity contribution in [1.29, 1.82) is 0 Å². The second-order valence-corrected chi connectivity index (χ2v) is 10.3. The number of aliphatic hydroxyl groups is 1. The number of hydrogen-bond acceptors (Lipinski definition) is 9. The maximum Gasteiger partial charge on any atom is 0.225 e. The summed E-state index contributed by atoms with van der Waals surface area (Å²) >= 11 is 0. The van der Waals surface area contributed by atoms with Crippen LogP contribution in [0.3, 0.4) is 0 Å². The van der Waals surface area contributed by atoms with E-state index in [4.69, 9.17) is 19.2 Å². The maximum absolute atomic E-state index is 12.6. The second kappa shape index (κ2) is 11.1. The van der Waals surface area contributed by atoms with Gasteiger partial charge in [-0.05, 0) is 59.2 Å². The molecule has 3 aromatic rings. The number of amides is 1. The van der Waals surface area contributed by atoms with Gasteiger partial charge in [0.2, 0.25) is 5.91 Å². The Morgan fingerprint density at radius 2 is 2.05 bits per heavy atom. The average Bonchev–Trinajstić information content (AvgIpc) is 3.57. The Hall–Kier alpha value is -3.50. The fourth-order valence-electron chi connectivity index (χ4n) is 4.92. The summed E-state index contributed by atoms with van der Waals surface area (Å²) in [4.78, 5) is 24.4. The van der Waals surface area contributed by atoms with Gasteiger partial charge in [-0.2, -0.15) is 0 Å². The molecule has 1 saturated heterocycles. The Morgan fingerprint density at radius 3 is 2.76 bits per heavy atom. The van der Waals surface area contributed by atoms with Gasteiger partial charge < -0.3 is 29.9 Å². The van der Waals surface area contributed by atoms with Gasteiger partial charge in [0.1, 0.15) is 30.0 Å². The monoisotopic (exact) mass is 520 g/mol. The lowest BCUT2D eigenvalue weighted by molar-refractivity contribution is -0.131. The number of anilines is 1. The third kappa shape index (κ3) is 5.66. The molecule has 10 nitrogen and oxygen atoms in total. The predicted octanol–water partition coefficient (Wildman–Crippen LogP) is 3.11. The number of carbonyl (C=O) groups excluding carboxylic acids is 1. The highest BCUT2D eigenvalue weighted by atomic mass is 16.5. The van der Waals surface area contributed by atoms with Crippen molar-refractivity contribution in [2.75, 3.05) is 38.6 Å². The zero-order chi connectivity index (χ0) is 26.8. The topological polar surface area (TPSA) is 126 Å². The molecule has 38 heavy (non-hydrogen) atoms. The largest absolute Gasteiger partial charge is 0.491 e. The van der Waals surface area contributed by atoms with Crippen LogP contribution in [-0.2, 0) is 4.79 Å². The molecule has 2 aliphatic rings. The number of aromatic nitrogens is 3. The van der Waals surface area contributed by atoms with Crippen molar-refractivity contribution < 1.29 is 19.2 Å². The molecule has 5 rings (SSSR count). The van der Waals surface area contributed by atoms with E-state index in [0.29, 0.717) is 30.4 Å². The Kier molecular flexibility index (Phi) is 7.62. The molecule has 202 valence electrons. The number of nitrogens with one attached hydrogen (secondary N) is 2. The van der Waals surface area contributed by atoms with Gasteiger partial charge in [-0.25, -0.2) is 9.97 Å². The Bertz CT molecular complexity index is 1280. The van der Waals surface area contributed by atoms with Crippen molar-refractivity contribution in [1.82, 2.24) is 25.3 Å². The van der Waals surface area contributed by atoms with Crippen molar-refractivity contribution in [3.63, 3.8) is 0 Å². The van der Waals surface area contributed by atoms with Crippen molar-refractivity contribution >= 4 is 11.7 Å². The van der Waals surface area contributed by atoms with Crippen LogP contribution in [-0.4, -0.2) is 76.5 Å². The SMILES string of the molecule is CNCC(O)COc1cccc(-c2nc(NC3CCN(C(=O)C4CC4)C3)c(C)c(-c3c(C)noc3C)n2)c1. The molecule has 0 radical (unpaired) electrons. The predicted molar refractivity (Wildman–Crippen MR) is 144 cm³/mol.